The highest BCUT2D eigenvalue weighted by Gasteiger charge is 2.09. The Morgan fingerprint density at radius 3 is 2.50 bits per heavy atom. The van der Waals surface area contributed by atoms with Crippen molar-refractivity contribution in [1.29, 1.82) is 0 Å². The average molecular weight is 243 g/mol. The number of carbonyl (C=O) groups is 1. The first-order valence-corrected chi connectivity index (χ1v) is 5.70. The molecule has 0 unspecified atom stereocenters. The molecule has 1 aromatic carbocycles. The van der Waals surface area contributed by atoms with Crippen molar-refractivity contribution in [2.45, 2.75) is 13.3 Å². The molecule has 4 nitrogen and oxygen atoms in total. The molecule has 0 saturated heterocycles. The smallest absolute Gasteiger partial charge is 0.359 e. The summed E-state index contributed by atoms with van der Waals surface area (Å²) in [5.41, 5.74) is 0.121. The van der Waals surface area contributed by atoms with E-state index >= 15 is 0 Å². The van der Waals surface area contributed by atoms with Gasteiger partial charge in [0.15, 0.2) is 0 Å². The predicted octanol–water partition coefficient (Wildman–Crippen LogP) is 2.45. The van der Waals surface area contributed by atoms with Gasteiger partial charge in [0.1, 0.15) is 11.4 Å². The second-order valence-electron chi connectivity index (χ2n) is 3.78. The molecule has 0 aliphatic carbocycles. The summed E-state index contributed by atoms with van der Waals surface area (Å²) < 4.78 is 5.02. The van der Waals surface area contributed by atoms with Crippen LogP contribution in [0.1, 0.15) is 23.0 Å². The highest BCUT2D eigenvalue weighted by Crippen LogP contribution is 2.06. The number of rotatable bonds is 3. The van der Waals surface area contributed by atoms with Gasteiger partial charge in [0, 0.05) is 12.0 Å². The zero-order chi connectivity index (χ0) is 13.0. The molecule has 1 amide bonds. The van der Waals surface area contributed by atoms with Gasteiger partial charge in [0.2, 0.25) is 0 Å². The molecule has 0 atom stereocenters. The molecule has 18 heavy (non-hydrogen) atoms. The van der Waals surface area contributed by atoms with Crippen molar-refractivity contribution < 1.29 is 9.21 Å². The minimum atomic E-state index is -0.529. The number of hydrogen-bond donors (Lipinski definition) is 1. The monoisotopic (exact) mass is 243 g/mol. The van der Waals surface area contributed by atoms with E-state index in [0.29, 0.717) is 17.7 Å². The first kappa shape index (κ1) is 12.1. The van der Waals surface area contributed by atoms with Crippen LogP contribution in [0.4, 0.5) is 5.69 Å². The molecule has 0 saturated carbocycles. The van der Waals surface area contributed by atoms with Gasteiger partial charge in [-0.25, -0.2) is 4.79 Å². The third kappa shape index (κ3) is 2.66. The molecule has 1 aromatic heterocycles. The Hall–Kier alpha value is -2.36. The van der Waals surface area contributed by atoms with E-state index in [1.807, 2.05) is 13.0 Å². The van der Waals surface area contributed by atoms with Crippen LogP contribution >= 0.6 is 0 Å². The van der Waals surface area contributed by atoms with E-state index in [1.54, 1.807) is 36.4 Å². The molecule has 0 aliphatic heterocycles. The lowest BCUT2D eigenvalue weighted by atomic mass is 10.2. The van der Waals surface area contributed by atoms with Crippen molar-refractivity contribution in [1.82, 2.24) is 0 Å². The molecule has 1 N–H and O–H groups in total. The maximum absolute atomic E-state index is 11.8. The number of hydrogen-bond acceptors (Lipinski definition) is 3. The Morgan fingerprint density at radius 1 is 1.17 bits per heavy atom. The van der Waals surface area contributed by atoms with E-state index in [2.05, 4.69) is 5.32 Å². The first-order chi connectivity index (χ1) is 8.70. The number of nitrogens with one attached hydrogen (secondary N) is 1. The molecular weight excluding hydrogens is 230 g/mol. The highest BCUT2D eigenvalue weighted by molar-refractivity contribution is 6.04. The van der Waals surface area contributed by atoms with E-state index in [9.17, 15) is 9.59 Å². The molecule has 1 heterocycles. The molecule has 2 rings (SSSR count). The summed E-state index contributed by atoms with van der Waals surface area (Å²) in [5, 5.41) is 2.53. The Labute approximate surface area is 104 Å². The Bertz CT molecular complexity index is 602. The molecule has 0 spiro atoms. The van der Waals surface area contributed by atoms with Gasteiger partial charge < -0.3 is 9.73 Å². The zero-order valence-electron chi connectivity index (χ0n) is 9.97. The first-order valence-electron chi connectivity index (χ1n) is 5.70. The van der Waals surface area contributed by atoms with Crippen molar-refractivity contribution in [2.75, 3.05) is 5.32 Å². The van der Waals surface area contributed by atoms with Crippen LogP contribution in [0, 0.1) is 0 Å². The topological polar surface area (TPSA) is 59.3 Å². The van der Waals surface area contributed by atoms with Gasteiger partial charge in [0.05, 0.1) is 0 Å². The van der Waals surface area contributed by atoms with Crippen LogP contribution in [0.3, 0.4) is 0 Å². The summed E-state index contributed by atoms with van der Waals surface area (Å²) in [4.78, 5) is 23.4. The minimum Gasteiger partial charge on any atom is -0.426 e. The van der Waals surface area contributed by atoms with Crippen molar-refractivity contribution in [2.24, 2.45) is 0 Å². The molecule has 0 radical (unpaired) electrons. The van der Waals surface area contributed by atoms with Crippen LogP contribution in [0.5, 0.6) is 0 Å². The fraction of sp³-hybridized carbons (Fsp3) is 0.143. The van der Waals surface area contributed by atoms with Gasteiger partial charge in [-0.2, -0.15) is 0 Å². The zero-order valence-corrected chi connectivity index (χ0v) is 9.97. The number of benzene rings is 1. The molecular formula is C14H13NO3. The minimum absolute atomic E-state index is 0.154. The van der Waals surface area contributed by atoms with Gasteiger partial charge in [-0.1, -0.05) is 25.1 Å². The second-order valence-corrected chi connectivity index (χ2v) is 3.78. The second kappa shape index (κ2) is 5.31. The van der Waals surface area contributed by atoms with Crippen LogP contribution < -0.4 is 10.9 Å². The lowest BCUT2D eigenvalue weighted by Gasteiger charge is -2.04. The van der Waals surface area contributed by atoms with Crippen molar-refractivity contribution in [3.63, 3.8) is 0 Å². The third-order valence-corrected chi connectivity index (χ3v) is 2.51. The maximum Gasteiger partial charge on any atom is 0.359 e. The van der Waals surface area contributed by atoms with Crippen molar-refractivity contribution in [3.8, 4) is 0 Å². The quantitative estimate of drug-likeness (QED) is 0.900. The molecule has 4 heteroatoms. The summed E-state index contributed by atoms with van der Waals surface area (Å²) in [6.07, 6.45) is 0.641. The number of amides is 1. The predicted molar refractivity (Wildman–Crippen MR) is 68.8 cm³/mol. The molecule has 0 fully saturated rings. The van der Waals surface area contributed by atoms with Gasteiger partial charge in [0.25, 0.3) is 5.91 Å². The molecule has 0 bridgehead atoms. The standard InChI is InChI=1S/C14H13NO3/c1-2-11-8-9-12(14(17)18-11)15-13(16)10-6-4-3-5-7-10/h3-9H,2H2,1H3,(H,15,16). The van der Waals surface area contributed by atoms with E-state index in [0.717, 1.165) is 0 Å². The van der Waals surface area contributed by atoms with Crippen LogP contribution in [0.15, 0.2) is 51.7 Å². The van der Waals surface area contributed by atoms with E-state index in [4.69, 9.17) is 4.42 Å². The van der Waals surface area contributed by atoms with Gasteiger partial charge in [-0.3, -0.25) is 4.79 Å². The van der Waals surface area contributed by atoms with Crippen LogP contribution in [-0.2, 0) is 6.42 Å². The van der Waals surface area contributed by atoms with E-state index < -0.39 is 5.63 Å². The van der Waals surface area contributed by atoms with Crippen molar-refractivity contribution >= 4 is 11.6 Å². The fourth-order valence-electron chi connectivity index (χ4n) is 1.52. The van der Waals surface area contributed by atoms with Gasteiger partial charge in [-0.15, -0.1) is 0 Å². The summed E-state index contributed by atoms with van der Waals surface area (Å²) in [5.74, 6) is 0.268. The van der Waals surface area contributed by atoms with Crippen LogP contribution in [-0.4, -0.2) is 5.91 Å². The molecule has 2 aromatic rings. The average Bonchev–Trinajstić information content (AvgIpc) is 2.42. The summed E-state index contributed by atoms with van der Waals surface area (Å²) >= 11 is 0. The summed E-state index contributed by atoms with van der Waals surface area (Å²) in [7, 11) is 0. The number of anilines is 1. The lowest BCUT2D eigenvalue weighted by Crippen LogP contribution is -2.17. The Morgan fingerprint density at radius 2 is 1.89 bits per heavy atom. The maximum atomic E-state index is 11.8. The largest absolute Gasteiger partial charge is 0.426 e. The normalized spacial score (nSPS) is 10.1. The van der Waals surface area contributed by atoms with Crippen molar-refractivity contribution in [3.05, 3.63) is 64.2 Å². The summed E-state index contributed by atoms with van der Waals surface area (Å²) in [6.45, 7) is 1.89. The number of aryl methyl sites for hydroxylation is 1. The van der Waals surface area contributed by atoms with Crippen LogP contribution in [0.25, 0.3) is 0 Å². The number of carbonyl (C=O) groups excluding carboxylic acids is 1. The third-order valence-electron chi connectivity index (χ3n) is 2.51. The van der Waals surface area contributed by atoms with Gasteiger partial charge in [-0.05, 0) is 24.3 Å². The Kier molecular flexibility index (Phi) is 3.57. The Balaban J connectivity index is 2.20. The summed E-state index contributed by atoms with van der Waals surface area (Å²) in [6, 6.07) is 11.9. The fourth-order valence-corrected chi connectivity index (χ4v) is 1.52. The van der Waals surface area contributed by atoms with Gasteiger partial charge >= 0.3 is 5.63 Å². The lowest BCUT2D eigenvalue weighted by molar-refractivity contribution is 0.102. The van der Waals surface area contributed by atoms with E-state index in [-0.39, 0.29) is 11.6 Å². The van der Waals surface area contributed by atoms with E-state index in [1.165, 1.54) is 0 Å². The highest BCUT2D eigenvalue weighted by atomic mass is 16.4. The molecule has 92 valence electrons. The van der Waals surface area contributed by atoms with Crippen LogP contribution in [0.2, 0.25) is 0 Å². The molecule has 0 aliphatic rings. The SMILES string of the molecule is CCc1ccc(NC(=O)c2ccccc2)c(=O)o1.